The molecule has 0 aromatic carbocycles. The van der Waals surface area contributed by atoms with Gasteiger partial charge in [-0.3, -0.25) is 4.79 Å². The Morgan fingerprint density at radius 2 is 2.07 bits per heavy atom. The molecule has 3 heteroatoms. The third-order valence-electron chi connectivity index (χ3n) is 1.98. The highest BCUT2D eigenvalue weighted by Crippen LogP contribution is 1.94. The largest absolute Gasteiger partial charge is 0.352 e. The Balaban J connectivity index is 2.50. The lowest BCUT2D eigenvalue weighted by atomic mass is 10.2. The number of carbonyl (C=O) groups is 1. The minimum absolute atomic E-state index is 0.00953. The van der Waals surface area contributed by atoms with E-state index in [2.05, 4.69) is 16.8 Å². The van der Waals surface area contributed by atoms with Gasteiger partial charge in [0.2, 0.25) is 5.91 Å². The van der Waals surface area contributed by atoms with Crippen molar-refractivity contribution >= 4 is 5.91 Å². The molecular weight excluding hydrogens is 176 g/mol. The highest BCUT2D eigenvalue weighted by atomic mass is 16.1. The number of rotatable bonds is 4. The number of hydrogen-bond acceptors (Lipinski definition) is 1. The first-order chi connectivity index (χ1) is 6.72. The molecule has 0 bridgehead atoms. The molecule has 0 aliphatic heterocycles. The molecule has 1 amide bonds. The summed E-state index contributed by atoms with van der Waals surface area (Å²) < 4.78 is 2.14. The lowest BCUT2D eigenvalue weighted by molar-refractivity contribution is -0.697. The van der Waals surface area contributed by atoms with Crippen LogP contribution in [-0.2, 0) is 17.9 Å². The van der Waals surface area contributed by atoms with Gasteiger partial charge in [0.25, 0.3) is 0 Å². The number of amides is 1. The third kappa shape index (κ3) is 3.56. The number of carbonyl (C=O) groups excluding carboxylic acids is 1. The lowest BCUT2D eigenvalue weighted by Gasteiger charge is -2.00. The quantitative estimate of drug-likeness (QED) is 0.712. The summed E-state index contributed by atoms with van der Waals surface area (Å²) in [5.41, 5.74) is 1.13. The van der Waals surface area contributed by atoms with Crippen LogP contribution in [0.5, 0.6) is 0 Å². The van der Waals surface area contributed by atoms with Gasteiger partial charge in [-0.25, -0.2) is 4.57 Å². The monoisotopic (exact) mass is 193 g/mol. The molecule has 0 radical (unpaired) electrons. The summed E-state index contributed by atoms with van der Waals surface area (Å²) in [6.45, 7) is 5.33. The Morgan fingerprint density at radius 3 is 2.57 bits per heavy atom. The summed E-state index contributed by atoms with van der Waals surface area (Å²) in [6, 6.07) is 4.07. The van der Waals surface area contributed by atoms with Crippen LogP contribution in [0.1, 0.15) is 25.8 Å². The van der Waals surface area contributed by atoms with E-state index in [4.69, 9.17) is 0 Å². The van der Waals surface area contributed by atoms with Crippen molar-refractivity contribution < 1.29 is 9.36 Å². The molecule has 1 aromatic heterocycles. The second kappa shape index (κ2) is 5.37. The fraction of sp³-hybridized carbons (Fsp3) is 0.455. The molecule has 1 aromatic rings. The topological polar surface area (TPSA) is 33.0 Å². The van der Waals surface area contributed by atoms with Crippen LogP contribution < -0.4 is 9.88 Å². The molecule has 0 atom stereocenters. The summed E-state index contributed by atoms with van der Waals surface area (Å²) >= 11 is 0. The SMILES string of the molecule is CCC[n+]1ccc(CNC(C)=O)cc1. The van der Waals surface area contributed by atoms with Crippen LogP contribution in [0.25, 0.3) is 0 Å². The summed E-state index contributed by atoms with van der Waals surface area (Å²) in [5, 5.41) is 2.77. The van der Waals surface area contributed by atoms with Crippen molar-refractivity contribution in [2.24, 2.45) is 0 Å². The summed E-state index contributed by atoms with van der Waals surface area (Å²) in [4.78, 5) is 10.7. The molecule has 0 unspecified atom stereocenters. The van der Waals surface area contributed by atoms with Gasteiger partial charge in [0.05, 0.1) is 0 Å². The van der Waals surface area contributed by atoms with Crippen molar-refractivity contribution in [1.82, 2.24) is 5.32 Å². The van der Waals surface area contributed by atoms with Crippen LogP contribution in [0.2, 0.25) is 0 Å². The third-order valence-corrected chi connectivity index (χ3v) is 1.98. The molecule has 1 heterocycles. The van der Waals surface area contributed by atoms with Gasteiger partial charge in [-0.2, -0.15) is 0 Å². The number of hydrogen-bond donors (Lipinski definition) is 1. The average molecular weight is 193 g/mol. The Bertz CT molecular complexity index is 293. The van der Waals surface area contributed by atoms with E-state index in [1.807, 2.05) is 24.5 Å². The normalized spacial score (nSPS) is 9.86. The predicted octanol–water partition coefficient (Wildman–Crippen LogP) is 1.02. The van der Waals surface area contributed by atoms with Gasteiger partial charge in [-0.15, -0.1) is 0 Å². The Morgan fingerprint density at radius 1 is 1.43 bits per heavy atom. The zero-order valence-electron chi connectivity index (χ0n) is 8.79. The molecule has 0 saturated heterocycles. The Hall–Kier alpha value is -1.38. The smallest absolute Gasteiger partial charge is 0.217 e. The molecule has 3 nitrogen and oxygen atoms in total. The van der Waals surface area contributed by atoms with E-state index in [1.54, 1.807) is 0 Å². The summed E-state index contributed by atoms with van der Waals surface area (Å²) in [7, 11) is 0. The fourth-order valence-corrected chi connectivity index (χ4v) is 1.24. The van der Waals surface area contributed by atoms with Gasteiger partial charge in [0, 0.05) is 32.0 Å². The van der Waals surface area contributed by atoms with E-state index in [0.717, 1.165) is 18.5 Å². The number of pyridine rings is 1. The van der Waals surface area contributed by atoms with Gasteiger partial charge < -0.3 is 5.32 Å². The lowest BCUT2D eigenvalue weighted by Crippen LogP contribution is -2.32. The molecule has 0 fully saturated rings. The first-order valence-electron chi connectivity index (χ1n) is 4.94. The van der Waals surface area contributed by atoms with E-state index in [0.29, 0.717) is 6.54 Å². The standard InChI is InChI=1S/C11H16N2O/c1-3-6-13-7-4-11(5-8-13)9-12-10(2)14/h4-5,7-8H,3,6,9H2,1-2H3/p+1. The van der Waals surface area contributed by atoms with Crippen molar-refractivity contribution in [2.75, 3.05) is 0 Å². The zero-order chi connectivity index (χ0) is 10.4. The maximum absolute atomic E-state index is 10.7. The summed E-state index contributed by atoms with van der Waals surface area (Å²) in [6.07, 6.45) is 5.22. The van der Waals surface area contributed by atoms with E-state index >= 15 is 0 Å². The zero-order valence-corrected chi connectivity index (χ0v) is 8.79. The van der Waals surface area contributed by atoms with Gasteiger partial charge in [0.1, 0.15) is 6.54 Å². The minimum atomic E-state index is 0.00953. The number of nitrogens with one attached hydrogen (secondary N) is 1. The Kier molecular flexibility index (Phi) is 4.11. The first kappa shape index (κ1) is 10.7. The minimum Gasteiger partial charge on any atom is -0.352 e. The van der Waals surface area contributed by atoms with Crippen molar-refractivity contribution in [1.29, 1.82) is 0 Å². The van der Waals surface area contributed by atoms with Gasteiger partial charge >= 0.3 is 0 Å². The van der Waals surface area contributed by atoms with Crippen LogP contribution in [-0.4, -0.2) is 5.91 Å². The first-order valence-corrected chi connectivity index (χ1v) is 4.94. The van der Waals surface area contributed by atoms with E-state index in [9.17, 15) is 4.79 Å². The van der Waals surface area contributed by atoms with E-state index < -0.39 is 0 Å². The number of aromatic nitrogens is 1. The van der Waals surface area contributed by atoms with Crippen molar-refractivity contribution in [2.45, 2.75) is 33.4 Å². The van der Waals surface area contributed by atoms with Gasteiger partial charge in [-0.05, 0) is 5.56 Å². The maximum atomic E-state index is 10.7. The Labute approximate surface area is 84.8 Å². The molecule has 1 N–H and O–H groups in total. The van der Waals surface area contributed by atoms with Crippen LogP contribution in [0, 0.1) is 0 Å². The summed E-state index contributed by atoms with van der Waals surface area (Å²) in [5.74, 6) is 0.00953. The number of aryl methyl sites for hydroxylation is 1. The van der Waals surface area contributed by atoms with Crippen molar-refractivity contribution in [3.63, 3.8) is 0 Å². The number of nitrogens with zero attached hydrogens (tertiary/aromatic N) is 1. The average Bonchev–Trinajstić information content (AvgIpc) is 2.17. The molecular formula is C11H17N2O+. The highest BCUT2D eigenvalue weighted by Gasteiger charge is 1.99. The molecule has 1 rings (SSSR count). The van der Waals surface area contributed by atoms with Crippen LogP contribution in [0.3, 0.4) is 0 Å². The van der Waals surface area contributed by atoms with E-state index in [1.165, 1.54) is 6.92 Å². The van der Waals surface area contributed by atoms with Crippen LogP contribution in [0.4, 0.5) is 0 Å². The molecule has 14 heavy (non-hydrogen) atoms. The van der Waals surface area contributed by atoms with Crippen molar-refractivity contribution in [3.05, 3.63) is 30.1 Å². The maximum Gasteiger partial charge on any atom is 0.217 e. The molecule has 0 saturated carbocycles. The van der Waals surface area contributed by atoms with Gasteiger partial charge in [-0.1, -0.05) is 6.92 Å². The van der Waals surface area contributed by atoms with Gasteiger partial charge in [0.15, 0.2) is 12.4 Å². The van der Waals surface area contributed by atoms with Crippen molar-refractivity contribution in [3.8, 4) is 0 Å². The fourth-order valence-electron chi connectivity index (χ4n) is 1.24. The predicted molar refractivity (Wildman–Crippen MR) is 54.4 cm³/mol. The molecule has 0 spiro atoms. The molecule has 76 valence electrons. The second-order valence-electron chi connectivity index (χ2n) is 3.35. The van der Waals surface area contributed by atoms with Crippen LogP contribution in [0.15, 0.2) is 24.5 Å². The highest BCUT2D eigenvalue weighted by molar-refractivity contribution is 5.72. The molecule has 0 aliphatic rings. The second-order valence-corrected chi connectivity index (χ2v) is 3.35. The van der Waals surface area contributed by atoms with E-state index in [-0.39, 0.29) is 5.91 Å². The molecule has 0 aliphatic carbocycles. The van der Waals surface area contributed by atoms with Crippen LogP contribution >= 0.6 is 0 Å².